The number of hydrogen-bond acceptors (Lipinski definition) is 2. The van der Waals surface area contributed by atoms with Crippen LogP contribution in [0.25, 0.3) is 0 Å². The van der Waals surface area contributed by atoms with E-state index in [2.05, 4.69) is 15.9 Å². The third kappa shape index (κ3) is 3.11. The van der Waals surface area contributed by atoms with E-state index < -0.39 is 17.7 Å². The molecule has 1 atom stereocenters. The van der Waals surface area contributed by atoms with E-state index >= 15 is 0 Å². The number of ether oxygens (including phenoxy) is 1. The van der Waals surface area contributed by atoms with Gasteiger partial charge in [-0.1, -0.05) is 22.0 Å². The molecule has 2 nitrogen and oxygen atoms in total. The zero-order valence-electron chi connectivity index (χ0n) is 10.0. The predicted molar refractivity (Wildman–Crippen MR) is 71.2 cm³/mol. The first-order chi connectivity index (χ1) is 8.99. The highest BCUT2D eigenvalue weighted by Crippen LogP contribution is 2.33. The number of halogens is 3. The lowest BCUT2D eigenvalue weighted by molar-refractivity contribution is 0.190. The minimum atomic E-state index is -1.05. The van der Waals surface area contributed by atoms with E-state index in [4.69, 9.17) is 4.74 Å². The van der Waals surface area contributed by atoms with Gasteiger partial charge >= 0.3 is 0 Å². The van der Waals surface area contributed by atoms with Crippen molar-refractivity contribution < 1.29 is 18.6 Å². The van der Waals surface area contributed by atoms with E-state index in [9.17, 15) is 13.9 Å². The SMILES string of the molecule is C[C@H](O)c1c(F)cccc1Oc1cc(Br)ccc1F. The van der Waals surface area contributed by atoms with Gasteiger partial charge in [0.15, 0.2) is 11.6 Å². The Bertz CT molecular complexity index is 600. The summed E-state index contributed by atoms with van der Waals surface area (Å²) in [5.41, 5.74) is 0.00174. The van der Waals surface area contributed by atoms with Gasteiger partial charge in [-0.25, -0.2) is 8.78 Å². The highest BCUT2D eigenvalue weighted by atomic mass is 79.9. The fraction of sp³-hybridized carbons (Fsp3) is 0.143. The fourth-order valence-electron chi connectivity index (χ4n) is 1.69. The van der Waals surface area contributed by atoms with Crippen LogP contribution in [0.3, 0.4) is 0 Å². The summed E-state index contributed by atoms with van der Waals surface area (Å²) >= 11 is 3.20. The third-order valence-electron chi connectivity index (χ3n) is 2.54. The van der Waals surface area contributed by atoms with Gasteiger partial charge in [-0.05, 0) is 37.3 Å². The lowest BCUT2D eigenvalue weighted by atomic mass is 10.1. The van der Waals surface area contributed by atoms with Crippen molar-refractivity contribution in [3.63, 3.8) is 0 Å². The maximum Gasteiger partial charge on any atom is 0.165 e. The van der Waals surface area contributed by atoms with Gasteiger partial charge in [-0.2, -0.15) is 0 Å². The summed E-state index contributed by atoms with van der Waals surface area (Å²) in [4.78, 5) is 0. The Hall–Kier alpha value is -1.46. The van der Waals surface area contributed by atoms with E-state index in [-0.39, 0.29) is 17.1 Å². The molecular weight excluding hydrogens is 318 g/mol. The zero-order valence-corrected chi connectivity index (χ0v) is 11.6. The summed E-state index contributed by atoms with van der Waals surface area (Å²) in [5, 5.41) is 9.56. The maximum atomic E-state index is 13.6. The smallest absolute Gasteiger partial charge is 0.165 e. The van der Waals surface area contributed by atoms with E-state index in [1.54, 1.807) is 0 Å². The molecule has 1 N–H and O–H groups in total. The van der Waals surface area contributed by atoms with Crippen LogP contribution in [-0.4, -0.2) is 5.11 Å². The minimum absolute atomic E-state index is 0.00174. The zero-order chi connectivity index (χ0) is 14.0. The number of aliphatic hydroxyl groups excluding tert-OH is 1. The average Bonchev–Trinajstić information content (AvgIpc) is 2.33. The lowest BCUT2D eigenvalue weighted by Gasteiger charge is -2.14. The van der Waals surface area contributed by atoms with E-state index in [1.807, 2.05) is 0 Å². The van der Waals surface area contributed by atoms with Gasteiger partial charge in [0, 0.05) is 4.47 Å². The van der Waals surface area contributed by atoms with Crippen molar-refractivity contribution in [3.05, 3.63) is 58.1 Å². The van der Waals surface area contributed by atoms with Gasteiger partial charge in [0.25, 0.3) is 0 Å². The molecule has 0 aromatic heterocycles. The molecule has 0 spiro atoms. The Balaban J connectivity index is 2.44. The minimum Gasteiger partial charge on any atom is -0.454 e. The number of aliphatic hydroxyl groups is 1. The van der Waals surface area contributed by atoms with Crippen molar-refractivity contribution >= 4 is 15.9 Å². The molecule has 0 amide bonds. The molecule has 0 aliphatic rings. The van der Waals surface area contributed by atoms with Gasteiger partial charge in [-0.15, -0.1) is 0 Å². The molecule has 0 saturated heterocycles. The van der Waals surface area contributed by atoms with E-state index in [0.29, 0.717) is 4.47 Å². The van der Waals surface area contributed by atoms with Crippen molar-refractivity contribution in [1.82, 2.24) is 0 Å². The van der Waals surface area contributed by atoms with Gasteiger partial charge in [0.2, 0.25) is 0 Å². The van der Waals surface area contributed by atoms with Gasteiger partial charge in [-0.3, -0.25) is 0 Å². The molecule has 2 aromatic rings. The van der Waals surface area contributed by atoms with Crippen molar-refractivity contribution in [2.24, 2.45) is 0 Å². The van der Waals surface area contributed by atoms with Crippen LogP contribution in [0.5, 0.6) is 11.5 Å². The van der Waals surface area contributed by atoms with Crippen LogP contribution >= 0.6 is 15.9 Å². The molecule has 0 heterocycles. The molecule has 0 unspecified atom stereocenters. The molecule has 2 rings (SSSR count). The van der Waals surface area contributed by atoms with Gasteiger partial charge < -0.3 is 9.84 Å². The van der Waals surface area contributed by atoms with Crippen LogP contribution in [-0.2, 0) is 0 Å². The normalized spacial score (nSPS) is 12.3. The van der Waals surface area contributed by atoms with Gasteiger partial charge in [0.1, 0.15) is 11.6 Å². The molecule has 100 valence electrons. The Morgan fingerprint density at radius 1 is 1.11 bits per heavy atom. The third-order valence-corrected chi connectivity index (χ3v) is 3.04. The van der Waals surface area contributed by atoms with E-state index in [1.165, 1.54) is 43.3 Å². The molecule has 0 aliphatic carbocycles. The molecule has 0 aliphatic heterocycles. The Labute approximate surface area is 117 Å². The standard InChI is InChI=1S/C14H11BrF2O2/c1-8(18)14-11(17)3-2-4-12(14)19-13-7-9(15)5-6-10(13)16/h2-8,18H,1H3/t8-/m0/s1. The molecule has 0 radical (unpaired) electrons. The van der Waals surface area contributed by atoms with Crippen LogP contribution < -0.4 is 4.74 Å². The summed E-state index contributed by atoms with van der Waals surface area (Å²) in [6, 6.07) is 8.33. The van der Waals surface area contributed by atoms with Crippen molar-refractivity contribution in [1.29, 1.82) is 0 Å². The number of rotatable bonds is 3. The molecule has 2 aromatic carbocycles. The summed E-state index contributed by atoms with van der Waals surface area (Å²) in [7, 11) is 0. The van der Waals surface area contributed by atoms with Crippen LogP contribution in [0.4, 0.5) is 8.78 Å². The van der Waals surface area contributed by atoms with Gasteiger partial charge in [0.05, 0.1) is 11.7 Å². The molecular formula is C14H11BrF2O2. The van der Waals surface area contributed by atoms with Crippen LogP contribution in [0, 0.1) is 11.6 Å². The second kappa shape index (κ2) is 5.67. The first-order valence-corrected chi connectivity index (χ1v) is 6.37. The monoisotopic (exact) mass is 328 g/mol. The van der Waals surface area contributed by atoms with Crippen LogP contribution in [0.1, 0.15) is 18.6 Å². The Morgan fingerprint density at radius 3 is 2.53 bits per heavy atom. The average molecular weight is 329 g/mol. The largest absolute Gasteiger partial charge is 0.454 e. The summed E-state index contributed by atoms with van der Waals surface area (Å²) in [6.45, 7) is 1.42. The Kier molecular flexibility index (Phi) is 4.17. The van der Waals surface area contributed by atoms with Crippen molar-refractivity contribution in [2.45, 2.75) is 13.0 Å². The number of benzene rings is 2. The molecule has 0 fully saturated rings. The lowest BCUT2D eigenvalue weighted by Crippen LogP contribution is -2.00. The summed E-state index contributed by atoms with van der Waals surface area (Å²) in [6.07, 6.45) is -1.05. The summed E-state index contributed by atoms with van der Waals surface area (Å²) < 4.78 is 33.2. The first kappa shape index (κ1) is 14.0. The second-order valence-corrected chi connectivity index (χ2v) is 4.92. The molecule has 0 bridgehead atoms. The fourth-order valence-corrected chi connectivity index (χ4v) is 2.03. The predicted octanol–water partition coefficient (Wildman–Crippen LogP) is 4.57. The molecule has 5 heteroatoms. The molecule has 19 heavy (non-hydrogen) atoms. The van der Waals surface area contributed by atoms with Crippen molar-refractivity contribution in [2.75, 3.05) is 0 Å². The van der Waals surface area contributed by atoms with Crippen LogP contribution in [0.2, 0.25) is 0 Å². The maximum absolute atomic E-state index is 13.6. The van der Waals surface area contributed by atoms with Crippen molar-refractivity contribution in [3.8, 4) is 11.5 Å². The quantitative estimate of drug-likeness (QED) is 0.894. The first-order valence-electron chi connectivity index (χ1n) is 5.58. The highest BCUT2D eigenvalue weighted by molar-refractivity contribution is 9.10. The summed E-state index contributed by atoms with van der Waals surface area (Å²) in [5.74, 6) is -1.11. The highest BCUT2D eigenvalue weighted by Gasteiger charge is 2.16. The topological polar surface area (TPSA) is 29.5 Å². The molecule has 0 saturated carbocycles. The Morgan fingerprint density at radius 2 is 1.84 bits per heavy atom. The second-order valence-electron chi connectivity index (χ2n) is 4.00. The van der Waals surface area contributed by atoms with Crippen LogP contribution in [0.15, 0.2) is 40.9 Å². The van der Waals surface area contributed by atoms with E-state index in [0.717, 1.165) is 0 Å². The number of hydrogen-bond donors (Lipinski definition) is 1.